The van der Waals surface area contributed by atoms with Crippen molar-refractivity contribution in [1.29, 1.82) is 0 Å². The van der Waals surface area contributed by atoms with Crippen LogP contribution in [0.2, 0.25) is 5.02 Å². The maximum Gasteiger partial charge on any atom is 0.251 e. The molecule has 3 aromatic rings. The Morgan fingerprint density at radius 2 is 1.92 bits per heavy atom. The zero-order valence-corrected chi connectivity index (χ0v) is 15.9. The molecule has 2 aromatic carbocycles. The first-order chi connectivity index (χ1) is 12.7. The number of aromatic nitrogens is 1. The van der Waals surface area contributed by atoms with Crippen molar-refractivity contribution in [3.05, 3.63) is 81.3 Å². The summed E-state index contributed by atoms with van der Waals surface area (Å²) in [4.78, 5) is 16.7. The summed E-state index contributed by atoms with van der Waals surface area (Å²) in [6.07, 6.45) is 0.794. The third-order valence-corrected chi connectivity index (χ3v) is 4.86. The molecule has 26 heavy (non-hydrogen) atoms. The third-order valence-electron chi connectivity index (χ3n) is 3.97. The highest BCUT2D eigenvalue weighted by molar-refractivity contribution is 7.07. The molecule has 134 valence electrons. The number of benzene rings is 2. The zero-order valence-electron chi connectivity index (χ0n) is 14.3. The predicted octanol–water partition coefficient (Wildman–Crippen LogP) is 5.26. The minimum Gasteiger partial charge on any atom is -0.487 e. The summed E-state index contributed by atoms with van der Waals surface area (Å²) >= 11 is 7.47. The first-order valence-electron chi connectivity index (χ1n) is 8.32. The number of nitrogens with zero attached hydrogens (tertiary/aromatic N) is 1. The third kappa shape index (κ3) is 4.84. The average molecular weight is 387 g/mol. The maximum absolute atomic E-state index is 12.5. The van der Waals surface area contributed by atoms with Gasteiger partial charge in [-0.2, -0.15) is 0 Å². The number of rotatable bonds is 7. The number of amides is 1. The lowest BCUT2D eigenvalue weighted by atomic mass is 10.0. The molecular weight excluding hydrogens is 368 g/mol. The van der Waals surface area contributed by atoms with Gasteiger partial charge in [0, 0.05) is 16.0 Å². The van der Waals surface area contributed by atoms with Gasteiger partial charge in [0.2, 0.25) is 0 Å². The Labute approximate surface area is 161 Å². The zero-order chi connectivity index (χ0) is 18.4. The normalized spacial score (nSPS) is 11.8. The summed E-state index contributed by atoms with van der Waals surface area (Å²) in [6, 6.07) is 14.6. The molecule has 1 amide bonds. The summed E-state index contributed by atoms with van der Waals surface area (Å²) in [5, 5.41) is 5.69. The second-order valence-electron chi connectivity index (χ2n) is 5.78. The van der Waals surface area contributed by atoms with E-state index in [9.17, 15) is 4.79 Å². The molecule has 0 aliphatic carbocycles. The van der Waals surface area contributed by atoms with Gasteiger partial charge in [-0.3, -0.25) is 4.79 Å². The van der Waals surface area contributed by atoms with E-state index in [1.165, 1.54) is 11.3 Å². The molecule has 0 fully saturated rings. The minimum absolute atomic E-state index is 0.0552. The van der Waals surface area contributed by atoms with Gasteiger partial charge in [0.15, 0.2) is 0 Å². The Bertz CT molecular complexity index is 833. The molecule has 1 unspecified atom stereocenters. The summed E-state index contributed by atoms with van der Waals surface area (Å²) in [6.45, 7) is 2.46. The van der Waals surface area contributed by atoms with Crippen LogP contribution in [0.5, 0.6) is 5.75 Å². The van der Waals surface area contributed by atoms with Gasteiger partial charge in [0.25, 0.3) is 5.91 Å². The lowest BCUT2D eigenvalue weighted by Gasteiger charge is -2.17. The summed E-state index contributed by atoms with van der Waals surface area (Å²) in [5.74, 6) is 0.595. The van der Waals surface area contributed by atoms with E-state index in [-0.39, 0.29) is 11.9 Å². The summed E-state index contributed by atoms with van der Waals surface area (Å²) in [7, 11) is 0. The topological polar surface area (TPSA) is 51.2 Å². The van der Waals surface area contributed by atoms with E-state index in [4.69, 9.17) is 16.3 Å². The Hall–Kier alpha value is -2.37. The fourth-order valence-electron chi connectivity index (χ4n) is 2.53. The first kappa shape index (κ1) is 18.4. The standard InChI is InChI=1S/C20H19ClN2O2S/c1-2-19(14-3-7-16(21)8-4-14)23-20(24)15-5-9-18(10-6-15)25-11-17-12-26-13-22-17/h3-10,12-13,19H,2,11H2,1H3,(H,23,24). The van der Waals surface area contributed by atoms with Crippen molar-refractivity contribution in [3.8, 4) is 5.75 Å². The Morgan fingerprint density at radius 3 is 2.54 bits per heavy atom. The van der Waals surface area contributed by atoms with Crippen LogP contribution in [-0.2, 0) is 6.61 Å². The Morgan fingerprint density at radius 1 is 1.19 bits per heavy atom. The number of ether oxygens (including phenoxy) is 1. The summed E-state index contributed by atoms with van der Waals surface area (Å²) < 4.78 is 5.67. The highest BCUT2D eigenvalue weighted by Crippen LogP contribution is 2.20. The van der Waals surface area contributed by atoms with Crippen LogP contribution in [0.15, 0.2) is 59.4 Å². The first-order valence-corrected chi connectivity index (χ1v) is 9.64. The number of thiazole rings is 1. The molecule has 6 heteroatoms. The lowest BCUT2D eigenvalue weighted by molar-refractivity contribution is 0.0935. The number of nitrogens with one attached hydrogen (secondary N) is 1. The number of halogens is 1. The SMILES string of the molecule is CCC(NC(=O)c1ccc(OCc2cscn2)cc1)c1ccc(Cl)cc1. The van der Waals surface area contributed by atoms with Crippen molar-refractivity contribution in [3.63, 3.8) is 0 Å². The van der Waals surface area contributed by atoms with Gasteiger partial charge in [0.05, 0.1) is 17.2 Å². The van der Waals surface area contributed by atoms with E-state index in [2.05, 4.69) is 10.3 Å². The van der Waals surface area contributed by atoms with E-state index in [1.807, 2.05) is 36.6 Å². The highest BCUT2D eigenvalue weighted by atomic mass is 35.5. The fourth-order valence-corrected chi connectivity index (χ4v) is 3.20. The summed E-state index contributed by atoms with van der Waals surface area (Å²) in [5.41, 5.74) is 4.30. The molecule has 0 saturated heterocycles. The molecule has 0 aliphatic heterocycles. The second kappa shape index (κ2) is 8.83. The van der Waals surface area contributed by atoms with Crippen molar-refractivity contribution < 1.29 is 9.53 Å². The highest BCUT2D eigenvalue weighted by Gasteiger charge is 2.14. The molecule has 1 heterocycles. The Kier molecular flexibility index (Phi) is 6.26. The molecule has 0 bridgehead atoms. The van der Waals surface area contributed by atoms with Crippen molar-refractivity contribution >= 4 is 28.8 Å². The van der Waals surface area contributed by atoms with Crippen LogP contribution in [0.4, 0.5) is 0 Å². The van der Waals surface area contributed by atoms with E-state index in [0.717, 1.165) is 17.7 Å². The van der Waals surface area contributed by atoms with Crippen LogP contribution in [0.1, 0.15) is 41.0 Å². The van der Waals surface area contributed by atoms with Crippen LogP contribution in [0.25, 0.3) is 0 Å². The average Bonchev–Trinajstić information content (AvgIpc) is 3.19. The smallest absolute Gasteiger partial charge is 0.251 e. The van der Waals surface area contributed by atoms with E-state index < -0.39 is 0 Å². The molecule has 1 N–H and O–H groups in total. The maximum atomic E-state index is 12.5. The van der Waals surface area contributed by atoms with Crippen LogP contribution in [0, 0.1) is 0 Å². The molecule has 0 aliphatic rings. The molecule has 1 atom stereocenters. The number of carbonyl (C=O) groups excluding carboxylic acids is 1. The Balaban J connectivity index is 1.60. The molecule has 0 saturated carbocycles. The monoisotopic (exact) mass is 386 g/mol. The molecule has 3 rings (SSSR count). The number of carbonyl (C=O) groups is 1. The van der Waals surface area contributed by atoms with Crippen molar-refractivity contribution in [1.82, 2.24) is 10.3 Å². The number of hydrogen-bond acceptors (Lipinski definition) is 4. The van der Waals surface area contributed by atoms with Crippen LogP contribution in [-0.4, -0.2) is 10.9 Å². The van der Waals surface area contributed by atoms with Crippen molar-refractivity contribution in [2.45, 2.75) is 26.0 Å². The fraction of sp³-hybridized carbons (Fsp3) is 0.200. The van der Waals surface area contributed by atoms with Gasteiger partial charge < -0.3 is 10.1 Å². The van der Waals surface area contributed by atoms with Crippen LogP contribution < -0.4 is 10.1 Å². The molecule has 0 radical (unpaired) electrons. The molecule has 1 aromatic heterocycles. The minimum atomic E-state index is -0.113. The predicted molar refractivity (Wildman–Crippen MR) is 105 cm³/mol. The van der Waals surface area contributed by atoms with Gasteiger partial charge in [0.1, 0.15) is 12.4 Å². The van der Waals surface area contributed by atoms with E-state index in [0.29, 0.717) is 22.9 Å². The number of hydrogen-bond donors (Lipinski definition) is 1. The van der Waals surface area contributed by atoms with Gasteiger partial charge in [-0.15, -0.1) is 11.3 Å². The van der Waals surface area contributed by atoms with Gasteiger partial charge in [-0.05, 0) is 48.4 Å². The second-order valence-corrected chi connectivity index (χ2v) is 6.93. The van der Waals surface area contributed by atoms with Gasteiger partial charge in [-0.25, -0.2) is 4.98 Å². The lowest BCUT2D eigenvalue weighted by Crippen LogP contribution is -2.28. The van der Waals surface area contributed by atoms with Crippen LogP contribution >= 0.6 is 22.9 Å². The molecular formula is C20H19ClN2O2S. The van der Waals surface area contributed by atoms with Crippen molar-refractivity contribution in [2.24, 2.45) is 0 Å². The van der Waals surface area contributed by atoms with E-state index in [1.54, 1.807) is 29.8 Å². The van der Waals surface area contributed by atoms with Gasteiger partial charge in [-0.1, -0.05) is 30.7 Å². The molecule has 0 spiro atoms. The molecule has 4 nitrogen and oxygen atoms in total. The van der Waals surface area contributed by atoms with Crippen molar-refractivity contribution in [2.75, 3.05) is 0 Å². The van der Waals surface area contributed by atoms with Gasteiger partial charge >= 0.3 is 0 Å². The quantitative estimate of drug-likeness (QED) is 0.602. The van der Waals surface area contributed by atoms with Crippen LogP contribution in [0.3, 0.4) is 0 Å². The largest absolute Gasteiger partial charge is 0.487 e. The van der Waals surface area contributed by atoms with E-state index >= 15 is 0 Å².